The standard InChI is InChI=1S/C24H33N3O2/c1-18(2)29-22-13-9-20(10-14-22)24(28)25-17-23(27-15-5-6-16-27)19-7-11-21(12-8-19)26(3)4/h7-14,18,23H,5-6,15-17H2,1-4H3,(H,25,28)/t23-/m0/s1. The number of nitrogens with one attached hydrogen (secondary N) is 1. The van der Waals surface area contributed by atoms with Gasteiger partial charge in [0.1, 0.15) is 5.75 Å². The molecule has 1 heterocycles. The number of hydrogen-bond donors (Lipinski definition) is 1. The molecule has 1 saturated heterocycles. The lowest BCUT2D eigenvalue weighted by atomic mass is 10.0. The molecule has 156 valence electrons. The van der Waals surface area contributed by atoms with Crippen LogP contribution in [0.3, 0.4) is 0 Å². The number of rotatable bonds is 8. The molecule has 0 aliphatic carbocycles. The smallest absolute Gasteiger partial charge is 0.251 e. The quantitative estimate of drug-likeness (QED) is 0.731. The average molecular weight is 396 g/mol. The van der Waals surface area contributed by atoms with E-state index in [0.717, 1.165) is 18.8 Å². The van der Waals surface area contributed by atoms with E-state index < -0.39 is 0 Å². The van der Waals surface area contributed by atoms with Crippen LogP contribution >= 0.6 is 0 Å². The van der Waals surface area contributed by atoms with Crippen LogP contribution in [0.4, 0.5) is 5.69 Å². The number of carbonyl (C=O) groups excluding carboxylic acids is 1. The van der Waals surface area contributed by atoms with Crippen molar-refractivity contribution < 1.29 is 9.53 Å². The number of hydrogen-bond acceptors (Lipinski definition) is 4. The van der Waals surface area contributed by atoms with Crippen LogP contribution in [0.5, 0.6) is 5.75 Å². The summed E-state index contributed by atoms with van der Waals surface area (Å²) >= 11 is 0. The Labute approximate surface area is 174 Å². The molecule has 1 amide bonds. The third kappa shape index (κ3) is 5.73. The summed E-state index contributed by atoms with van der Waals surface area (Å²) in [5, 5.41) is 3.14. The number of nitrogens with zero attached hydrogens (tertiary/aromatic N) is 2. The molecule has 0 radical (unpaired) electrons. The van der Waals surface area contributed by atoms with Gasteiger partial charge in [-0.05, 0) is 81.7 Å². The van der Waals surface area contributed by atoms with Crippen molar-refractivity contribution in [2.24, 2.45) is 0 Å². The molecule has 0 aromatic heterocycles. The molecule has 0 spiro atoms. The van der Waals surface area contributed by atoms with E-state index in [1.54, 1.807) is 0 Å². The largest absolute Gasteiger partial charge is 0.491 e. The minimum atomic E-state index is -0.0461. The number of likely N-dealkylation sites (tertiary alicyclic amines) is 1. The molecule has 0 unspecified atom stereocenters. The van der Waals surface area contributed by atoms with E-state index in [1.165, 1.54) is 24.1 Å². The van der Waals surface area contributed by atoms with Gasteiger partial charge in [-0.2, -0.15) is 0 Å². The second-order valence-electron chi connectivity index (χ2n) is 8.15. The van der Waals surface area contributed by atoms with Crippen LogP contribution in [-0.2, 0) is 0 Å². The molecule has 1 fully saturated rings. The van der Waals surface area contributed by atoms with Crippen molar-refractivity contribution in [3.8, 4) is 5.75 Å². The molecule has 29 heavy (non-hydrogen) atoms. The van der Waals surface area contributed by atoms with Crippen molar-refractivity contribution in [3.05, 3.63) is 59.7 Å². The van der Waals surface area contributed by atoms with Crippen LogP contribution in [0.15, 0.2) is 48.5 Å². The second kappa shape index (κ2) is 9.79. The molecule has 1 atom stereocenters. The summed E-state index contributed by atoms with van der Waals surface area (Å²) in [6.07, 6.45) is 2.56. The highest BCUT2D eigenvalue weighted by atomic mass is 16.5. The molecule has 5 nitrogen and oxygen atoms in total. The Balaban J connectivity index is 1.67. The first kappa shape index (κ1) is 21.2. The zero-order valence-corrected chi connectivity index (χ0v) is 18.0. The zero-order chi connectivity index (χ0) is 20.8. The van der Waals surface area contributed by atoms with Gasteiger partial charge < -0.3 is 15.0 Å². The summed E-state index contributed by atoms with van der Waals surface area (Å²) in [5.74, 6) is 0.739. The van der Waals surface area contributed by atoms with Gasteiger partial charge in [0.2, 0.25) is 0 Å². The van der Waals surface area contributed by atoms with Gasteiger partial charge in [-0.15, -0.1) is 0 Å². The summed E-state index contributed by atoms with van der Waals surface area (Å²) in [7, 11) is 4.09. The van der Waals surface area contributed by atoms with E-state index >= 15 is 0 Å². The Morgan fingerprint density at radius 2 is 1.66 bits per heavy atom. The van der Waals surface area contributed by atoms with Crippen LogP contribution in [0.1, 0.15) is 48.7 Å². The van der Waals surface area contributed by atoms with Gasteiger partial charge in [0, 0.05) is 31.9 Å². The van der Waals surface area contributed by atoms with Crippen molar-refractivity contribution >= 4 is 11.6 Å². The van der Waals surface area contributed by atoms with E-state index in [1.807, 2.05) is 52.2 Å². The molecule has 1 aliphatic heterocycles. The molecule has 2 aromatic rings. The minimum Gasteiger partial charge on any atom is -0.491 e. The van der Waals surface area contributed by atoms with E-state index in [0.29, 0.717) is 12.1 Å². The minimum absolute atomic E-state index is 0.0461. The summed E-state index contributed by atoms with van der Waals surface area (Å²) in [6.45, 7) is 6.74. The van der Waals surface area contributed by atoms with Crippen molar-refractivity contribution in [1.29, 1.82) is 0 Å². The van der Waals surface area contributed by atoms with Gasteiger partial charge in [-0.3, -0.25) is 9.69 Å². The third-order valence-electron chi connectivity index (χ3n) is 5.32. The maximum absolute atomic E-state index is 12.7. The van der Waals surface area contributed by atoms with E-state index in [4.69, 9.17) is 4.74 Å². The van der Waals surface area contributed by atoms with Gasteiger partial charge >= 0.3 is 0 Å². The molecular formula is C24H33N3O2. The highest BCUT2D eigenvalue weighted by Crippen LogP contribution is 2.26. The van der Waals surface area contributed by atoms with Gasteiger partial charge in [0.25, 0.3) is 5.91 Å². The number of ether oxygens (including phenoxy) is 1. The van der Waals surface area contributed by atoms with E-state index in [2.05, 4.69) is 39.4 Å². The Morgan fingerprint density at radius 3 is 2.21 bits per heavy atom. The number of carbonyl (C=O) groups is 1. The molecular weight excluding hydrogens is 362 g/mol. The molecule has 5 heteroatoms. The zero-order valence-electron chi connectivity index (χ0n) is 18.0. The third-order valence-corrected chi connectivity index (χ3v) is 5.32. The van der Waals surface area contributed by atoms with Gasteiger partial charge in [0.05, 0.1) is 12.1 Å². The predicted octanol–water partition coefficient (Wildman–Crippen LogP) is 4.11. The van der Waals surface area contributed by atoms with Crippen LogP contribution < -0.4 is 15.0 Å². The van der Waals surface area contributed by atoms with Gasteiger partial charge in [-0.1, -0.05) is 12.1 Å². The van der Waals surface area contributed by atoms with Crippen molar-refractivity contribution in [2.75, 3.05) is 38.6 Å². The fourth-order valence-corrected chi connectivity index (χ4v) is 3.75. The molecule has 1 N–H and O–H groups in total. The molecule has 0 saturated carbocycles. The van der Waals surface area contributed by atoms with Crippen molar-refractivity contribution in [3.63, 3.8) is 0 Å². The fraction of sp³-hybridized carbons (Fsp3) is 0.458. The summed E-state index contributed by atoms with van der Waals surface area (Å²) in [4.78, 5) is 17.3. The van der Waals surface area contributed by atoms with Gasteiger partial charge in [-0.25, -0.2) is 0 Å². The summed E-state index contributed by atoms with van der Waals surface area (Å²) in [5.41, 5.74) is 3.09. The highest BCUT2D eigenvalue weighted by Gasteiger charge is 2.24. The normalized spacial score (nSPS) is 15.3. The Bertz CT molecular complexity index is 779. The van der Waals surface area contributed by atoms with Crippen LogP contribution in [0.25, 0.3) is 0 Å². The monoisotopic (exact) mass is 395 g/mol. The molecule has 0 bridgehead atoms. The first-order valence-corrected chi connectivity index (χ1v) is 10.5. The molecule has 2 aromatic carbocycles. The van der Waals surface area contributed by atoms with Crippen LogP contribution in [0.2, 0.25) is 0 Å². The first-order chi connectivity index (χ1) is 13.9. The van der Waals surface area contributed by atoms with Crippen molar-refractivity contribution in [2.45, 2.75) is 38.8 Å². The highest BCUT2D eigenvalue weighted by molar-refractivity contribution is 5.94. The first-order valence-electron chi connectivity index (χ1n) is 10.5. The van der Waals surface area contributed by atoms with Gasteiger partial charge in [0.15, 0.2) is 0 Å². The topological polar surface area (TPSA) is 44.8 Å². The SMILES string of the molecule is CC(C)Oc1ccc(C(=O)NC[C@@H](c2ccc(N(C)C)cc2)N2CCCC2)cc1. The maximum Gasteiger partial charge on any atom is 0.251 e. The maximum atomic E-state index is 12.7. The van der Waals surface area contributed by atoms with Crippen molar-refractivity contribution in [1.82, 2.24) is 10.2 Å². The lowest BCUT2D eigenvalue weighted by molar-refractivity contribution is 0.0938. The Hall–Kier alpha value is -2.53. The lowest BCUT2D eigenvalue weighted by Gasteiger charge is -2.28. The van der Waals surface area contributed by atoms with E-state index in [-0.39, 0.29) is 18.1 Å². The second-order valence-corrected chi connectivity index (χ2v) is 8.15. The Kier molecular flexibility index (Phi) is 7.15. The number of amides is 1. The fourth-order valence-electron chi connectivity index (χ4n) is 3.75. The average Bonchev–Trinajstić information content (AvgIpc) is 3.23. The number of anilines is 1. The molecule has 3 rings (SSSR count). The molecule has 1 aliphatic rings. The summed E-state index contributed by atoms with van der Waals surface area (Å²) in [6, 6.07) is 16.2. The van der Waals surface area contributed by atoms with E-state index in [9.17, 15) is 4.79 Å². The van der Waals surface area contributed by atoms with Crippen LogP contribution in [0, 0.1) is 0 Å². The number of benzene rings is 2. The Morgan fingerprint density at radius 1 is 1.03 bits per heavy atom. The van der Waals surface area contributed by atoms with Crippen LogP contribution in [-0.4, -0.2) is 50.6 Å². The summed E-state index contributed by atoms with van der Waals surface area (Å²) < 4.78 is 5.66. The lowest BCUT2D eigenvalue weighted by Crippen LogP contribution is -2.36. The predicted molar refractivity (Wildman–Crippen MR) is 119 cm³/mol.